The number of hydrogen-bond donors (Lipinski definition) is 2. The number of nitrogens with two attached hydrogens (primary N) is 1. The number of amides is 2. The minimum atomic E-state index is -0.750. The Bertz CT molecular complexity index is 428. The minimum absolute atomic E-state index is 0. The third-order valence-corrected chi connectivity index (χ3v) is 2.48. The lowest BCUT2D eigenvalue weighted by Crippen LogP contribution is -2.46. The summed E-state index contributed by atoms with van der Waals surface area (Å²) in [7, 11) is 3.00. The number of nitrogens with one attached hydrogen (secondary N) is 1. The molecular formula is C13H20ClN3O3. The molecular weight excluding hydrogens is 282 g/mol. The van der Waals surface area contributed by atoms with Crippen LogP contribution >= 0.6 is 12.4 Å². The maximum Gasteiger partial charge on any atom is 0.243 e. The van der Waals surface area contributed by atoms with Crippen LogP contribution in [0.2, 0.25) is 0 Å². The van der Waals surface area contributed by atoms with Crippen molar-refractivity contribution in [2.24, 2.45) is 5.73 Å². The lowest BCUT2D eigenvalue weighted by molar-refractivity contribution is -0.135. The third-order valence-electron chi connectivity index (χ3n) is 2.48. The zero-order chi connectivity index (χ0) is 14.3. The Balaban J connectivity index is 0.00000361. The third kappa shape index (κ3) is 6.01. The first kappa shape index (κ1) is 18.4. The summed E-state index contributed by atoms with van der Waals surface area (Å²) in [4.78, 5) is 24.8. The Labute approximate surface area is 124 Å². The maximum absolute atomic E-state index is 11.8. The molecule has 0 aliphatic carbocycles. The van der Waals surface area contributed by atoms with Gasteiger partial charge < -0.3 is 20.7 Å². The van der Waals surface area contributed by atoms with Gasteiger partial charge in [0.15, 0.2) is 0 Å². The van der Waals surface area contributed by atoms with Crippen molar-refractivity contribution in [2.75, 3.05) is 32.6 Å². The number of halogens is 1. The van der Waals surface area contributed by atoms with Gasteiger partial charge in [0.2, 0.25) is 11.8 Å². The Kier molecular flexibility index (Phi) is 8.54. The first-order valence-corrected chi connectivity index (χ1v) is 5.89. The molecule has 112 valence electrons. The Hall–Kier alpha value is -1.63. The number of ether oxygens (including phenoxy) is 1. The molecule has 0 fully saturated rings. The summed E-state index contributed by atoms with van der Waals surface area (Å²) >= 11 is 0. The van der Waals surface area contributed by atoms with E-state index in [-0.39, 0.29) is 37.4 Å². The SMILES string of the molecule is COCC(N)C(=O)N(C)CC(=O)Nc1ccccc1.Cl. The van der Waals surface area contributed by atoms with E-state index >= 15 is 0 Å². The molecule has 0 aliphatic heterocycles. The van der Waals surface area contributed by atoms with Crippen LogP contribution in [0.5, 0.6) is 0 Å². The van der Waals surface area contributed by atoms with Gasteiger partial charge in [0, 0.05) is 19.8 Å². The lowest BCUT2D eigenvalue weighted by atomic mass is 10.3. The summed E-state index contributed by atoms with van der Waals surface area (Å²) in [6.07, 6.45) is 0. The highest BCUT2D eigenvalue weighted by Gasteiger charge is 2.19. The van der Waals surface area contributed by atoms with Crippen LogP contribution in [0.25, 0.3) is 0 Å². The van der Waals surface area contributed by atoms with E-state index in [2.05, 4.69) is 5.32 Å². The molecule has 0 heterocycles. The van der Waals surface area contributed by atoms with Crippen LogP contribution in [0, 0.1) is 0 Å². The number of carbonyl (C=O) groups is 2. The van der Waals surface area contributed by atoms with E-state index in [4.69, 9.17) is 10.5 Å². The Morgan fingerprint density at radius 3 is 2.50 bits per heavy atom. The molecule has 1 unspecified atom stereocenters. The molecule has 0 saturated carbocycles. The minimum Gasteiger partial charge on any atom is -0.383 e. The fraction of sp³-hybridized carbons (Fsp3) is 0.385. The number of nitrogens with zero attached hydrogens (tertiary/aromatic N) is 1. The Morgan fingerprint density at radius 1 is 1.35 bits per heavy atom. The molecule has 20 heavy (non-hydrogen) atoms. The number of anilines is 1. The summed E-state index contributed by atoms with van der Waals surface area (Å²) in [6.45, 7) is 0.0780. The van der Waals surface area contributed by atoms with Gasteiger partial charge in [-0.15, -0.1) is 12.4 Å². The van der Waals surface area contributed by atoms with E-state index in [1.54, 1.807) is 12.1 Å². The van der Waals surface area contributed by atoms with Crippen molar-refractivity contribution in [3.05, 3.63) is 30.3 Å². The number of likely N-dealkylation sites (N-methyl/N-ethyl adjacent to an activating group) is 1. The van der Waals surface area contributed by atoms with E-state index < -0.39 is 6.04 Å². The first-order chi connectivity index (χ1) is 9.04. The fourth-order valence-electron chi connectivity index (χ4n) is 1.55. The molecule has 7 heteroatoms. The van der Waals surface area contributed by atoms with Gasteiger partial charge in [0.05, 0.1) is 13.2 Å². The van der Waals surface area contributed by atoms with Crippen LogP contribution in [-0.4, -0.2) is 50.1 Å². The van der Waals surface area contributed by atoms with Crippen molar-refractivity contribution in [3.63, 3.8) is 0 Å². The molecule has 1 rings (SSSR count). The van der Waals surface area contributed by atoms with Gasteiger partial charge >= 0.3 is 0 Å². The normalized spacial score (nSPS) is 11.2. The average Bonchev–Trinajstić information content (AvgIpc) is 2.39. The highest BCUT2D eigenvalue weighted by Crippen LogP contribution is 2.04. The zero-order valence-corrected chi connectivity index (χ0v) is 12.4. The topological polar surface area (TPSA) is 84.7 Å². The van der Waals surface area contributed by atoms with Crippen molar-refractivity contribution in [3.8, 4) is 0 Å². The van der Waals surface area contributed by atoms with E-state index in [1.165, 1.54) is 19.1 Å². The highest BCUT2D eigenvalue weighted by molar-refractivity contribution is 5.95. The molecule has 0 spiro atoms. The van der Waals surface area contributed by atoms with E-state index in [0.717, 1.165) is 0 Å². The standard InChI is InChI=1S/C13H19N3O3.ClH/c1-16(13(18)11(14)9-19-2)8-12(17)15-10-6-4-3-5-7-10;/h3-7,11H,8-9,14H2,1-2H3,(H,15,17);1H. The van der Waals surface area contributed by atoms with E-state index in [9.17, 15) is 9.59 Å². The van der Waals surface area contributed by atoms with Crippen molar-refractivity contribution in [1.29, 1.82) is 0 Å². The van der Waals surface area contributed by atoms with Crippen molar-refractivity contribution >= 4 is 29.9 Å². The molecule has 6 nitrogen and oxygen atoms in total. The number of rotatable bonds is 6. The lowest BCUT2D eigenvalue weighted by Gasteiger charge is -2.20. The average molecular weight is 302 g/mol. The first-order valence-electron chi connectivity index (χ1n) is 5.89. The van der Waals surface area contributed by atoms with Crippen molar-refractivity contribution in [2.45, 2.75) is 6.04 Å². The van der Waals surface area contributed by atoms with Gasteiger partial charge in [-0.2, -0.15) is 0 Å². The number of para-hydroxylation sites is 1. The van der Waals surface area contributed by atoms with Crippen LogP contribution in [-0.2, 0) is 14.3 Å². The molecule has 0 bridgehead atoms. The van der Waals surface area contributed by atoms with Crippen molar-refractivity contribution < 1.29 is 14.3 Å². The van der Waals surface area contributed by atoms with Gasteiger partial charge in [0.1, 0.15) is 6.04 Å². The maximum atomic E-state index is 11.8. The molecule has 0 saturated heterocycles. The molecule has 1 aromatic carbocycles. The van der Waals surface area contributed by atoms with Gasteiger partial charge in [-0.3, -0.25) is 9.59 Å². The predicted octanol–water partition coefficient (Wildman–Crippen LogP) is 0.479. The van der Waals surface area contributed by atoms with E-state index in [0.29, 0.717) is 5.69 Å². The smallest absolute Gasteiger partial charge is 0.243 e. The second-order valence-electron chi connectivity index (χ2n) is 4.17. The second kappa shape index (κ2) is 9.30. The van der Waals surface area contributed by atoms with Crippen LogP contribution in [0.4, 0.5) is 5.69 Å². The molecule has 0 aromatic heterocycles. The summed E-state index contributed by atoms with van der Waals surface area (Å²) in [6, 6.07) is 8.29. The predicted molar refractivity (Wildman–Crippen MR) is 79.8 cm³/mol. The monoisotopic (exact) mass is 301 g/mol. The number of methoxy groups -OCH3 is 1. The molecule has 3 N–H and O–H groups in total. The second-order valence-corrected chi connectivity index (χ2v) is 4.17. The zero-order valence-electron chi connectivity index (χ0n) is 11.5. The van der Waals surface area contributed by atoms with Crippen LogP contribution < -0.4 is 11.1 Å². The quantitative estimate of drug-likeness (QED) is 0.800. The fourth-order valence-corrected chi connectivity index (χ4v) is 1.55. The van der Waals surface area contributed by atoms with Gasteiger partial charge in [0.25, 0.3) is 0 Å². The molecule has 1 aromatic rings. The van der Waals surface area contributed by atoms with E-state index in [1.807, 2.05) is 18.2 Å². The van der Waals surface area contributed by atoms with Gasteiger partial charge in [-0.1, -0.05) is 18.2 Å². The molecule has 0 aliphatic rings. The summed E-state index contributed by atoms with van der Waals surface area (Å²) in [5, 5.41) is 2.69. The summed E-state index contributed by atoms with van der Waals surface area (Å²) < 4.78 is 4.80. The number of benzene rings is 1. The summed E-state index contributed by atoms with van der Waals surface area (Å²) in [5.41, 5.74) is 6.30. The van der Waals surface area contributed by atoms with Crippen molar-refractivity contribution in [1.82, 2.24) is 4.90 Å². The molecule has 0 radical (unpaired) electrons. The number of carbonyl (C=O) groups excluding carboxylic acids is 2. The molecule has 1 atom stereocenters. The van der Waals surface area contributed by atoms with Crippen LogP contribution in [0.3, 0.4) is 0 Å². The van der Waals surface area contributed by atoms with Gasteiger partial charge in [-0.25, -0.2) is 0 Å². The van der Waals surface area contributed by atoms with Crippen LogP contribution in [0.1, 0.15) is 0 Å². The molecule has 2 amide bonds. The van der Waals surface area contributed by atoms with Crippen LogP contribution in [0.15, 0.2) is 30.3 Å². The number of hydrogen-bond acceptors (Lipinski definition) is 4. The Morgan fingerprint density at radius 2 is 1.95 bits per heavy atom. The largest absolute Gasteiger partial charge is 0.383 e. The summed E-state index contributed by atoms with van der Waals surface area (Å²) in [5.74, 6) is -0.600. The highest BCUT2D eigenvalue weighted by atomic mass is 35.5. The van der Waals surface area contributed by atoms with Gasteiger partial charge in [-0.05, 0) is 12.1 Å².